The molecule has 31 heavy (non-hydrogen) atoms. The van der Waals surface area contributed by atoms with Crippen LogP contribution in [0.5, 0.6) is 17.2 Å². The third-order valence-corrected chi connectivity index (χ3v) is 4.93. The van der Waals surface area contributed by atoms with E-state index >= 15 is 0 Å². The summed E-state index contributed by atoms with van der Waals surface area (Å²) in [4.78, 5) is 14.5. The Morgan fingerprint density at radius 3 is 2.61 bits per heavy atom. The Morgan fingerprint density at radius 1 is 1.06 bits per heavy atom. The van der Waals surface area contributed by atoms with Crippen LogP contribution in [0.15, 0.2) is 54.6 Å². The van der Waals surface area contributed by atoms with Gasteiger partial charge in [-0.05, 0) is 56.7 Å². The summed E-state index contributed by atoms with van der Waals surface area (Å²) in [5.74, 6) is 2.09. The number of para-hydroxylation sites is 1. The summed E-state index contributed by atoms with van der Waals surface area (Å²) in [6.07, 6.45) is 3.47. The van der Waals surface area contributed by atoms with Gasteiger partial charge in [0.25, 0.3) is 0 Å². The maximum atomic E-state index is 12.6. The van der Waals surface area contributed by atoms with E-state index < -0.39 is 0 Å². The summed E-state index contributed by atoms with van der Waals surface area (Å²) in [6.45, 7) is 8.42. The van der Waals surface area contributed by atoms with Crippen LogP contribution >= 0.6 is 0 Å². The molecule has 1 heterocycles. The highest BCUT2D eigenvalue weighted by Gasteiger charge is 2.26. The Kier molecular flexibility index (Phi) is 8.35. The summed E-state index contributed by atoms with van der Waals surface area (Å²) in [5.41, 5.74) is 0.874. The minimum Gasteiger partial charge on any atom is -0.490 e. The second kappa shape index (κ2) is 11.4. The SMILES string of the molecule is CCOc1cc(/C=C/C(=O)N2CC(C)OCC2C)ccc1OCCOc1ccccc1. The zero-order valence-electron chi connectivity index (χ0n) is 18.5. The average molecular weight is 426 g/mol. The number of carbonyl (C=O) groups excluding carboxylic acids is 1. The molecular weight excluding hydrogens is 394 g/mol. The van der Waals surface area contributed by atoms with E-state index in [2.05, 4.69) is 0 Å². The van der Waals surface area contributed by atoms with Crippen LogP contribution in [0.3, 0.4) is 0 Å². The predicted octanol–water partition coefficient (Wildman–Crippen LogP) is 4.19. The molecule has 166 valence electrons. The van der Waals surface area contributed by atoms with Gasteiger partial charge in [-0.1, -0.05) is 24.3 Å². The van der Waals surface area contributed by atoms with Gasteiger partial charge in [-0.15, -0.1) is 0 Å². The number of rotatable bonds is 9. The fourth-order valence-electron chi connectivity index (χ4n) is 3.32. The van der Waals surface area contributed by atoms with Gasteiger partial charge >= 0.3 is 0 Å². The molecule has 2 unspecified atom stereocenters. The van der Waals surface area contributed by atoms with Crippen LogP contribution < -0.4 is 14.2 Å². The van der Waals surface area contributed by atoms with Gasteiger partial charge in [0.1, 0.15) is 19.0 Å². The minimum atomic E-state index is -0.0148. The number of ether oxygens (including phenoxy) is 4. The second-order valence-electron chi connectivity index (χ2n) is 7.47. The van der Waals surface area contributed by atoms with E-state index in [1.54, 1.807) is 12.2 Å². The lowest BCUT2D eigenvalue weighted by Gasteiger charge is -2.36. The zero-order chi connectivity index (χ0) is 22.1. The first-order valence-electron chi connectivity index (χ1n) is 10.7. The van der Waals surface area contributed by atoms with E-state index in [9.17, 15) is 4.79 Å². The molecule has 2 aromatic rings. The fraction of sp³-hybridized carbons (Fsp3) is 0.400. The quantitative estimate of drug-likeness (QED) is 0.445. The highest BCUT2D eigenvalue weighted by Crippen LogP contribution is 2.29. The van der Waals surface area contributed by atoms with Crippen LogP contribution in [0.2, 0.25) is 0 Å². The van der Waals surface area contributed by atoms with Crippen LogP contribution in [-0.2, 0) is 9.53 Å². The van der Waals surface area contributed by atoms with Gasteiger partial charge in [0, 0.05) is 12.6 Å². The van der Waals surface area contributed by atoms with Crippen LogP contribution in [0, 0.1) is 0 Å². The summed E-state index contributed by atoms with van der Waals surface area (Å²) < 4.78 is 22.8. The Bertz CT molecular complexity index is 867. The van der Waals surface area contributed by atoms with Crippen molar-refractivity contribution in [3.63, 3.8) is 0 Å². The van der Waals surface area contributed by atoms with Crippen molar-refractivity contribution < 1.29 is 23.7 Å². The van der Waals surface area contributed by atoms with Gasteiger partial charge in [-0.25, -0.2) is 0 Å². The van der Waals surface area contributed by atoms with Crippen molar-refractivity contribution in [2.45, 2.75) is 32.9 Å². The van der Waals surface area contributed by atoms with Crippen molar-refractivity contribution in [1.29, 1.82) is 0 Å². The second-order valence-corrected chi connectivity index (χ2v) is 7.47. The minimum absolute atomic E-state index is 0.0148. The molecule has 1 aliphatic heterocycles. The number of hydrogen-bond acceptors (Lipinski definition) is 5. The van der Waals surface area contributed by atoms with Gasteiger partial charge in [0.2, 0.25) is 5.91 Å². The number of morpholine rings is 1. The topological polar surface area (TPSA) is 57.2 Å². The molecule has 1 saturated heterocycles. The predicted molar refractivity (Wildman–Crippen MR) is 121 cm³/mol. The first-order valence-corrected chi connectivity index (χ1v) is 10.7. The Balaban J connectivity index is 1.58. The van der Waals surface area contributed by atoms with E-state index in [0.717, 1.165) is 11.3 Å². The molecule has 2 aromatic carbocycles. The molecule has 0 radical (unpaired) electrons. The third kappa shape index (κ3) is 6.76. The monoisotopic (exact) mass is 425 g/mol. The molecule has 0 spiro atoms. The van der Waals surface area contributed by atoms with Crippen molar-refractivity contribution in [3.8, 4) is 17.2 Å². The van der Waals surface area contributed by atoms with E-state index in [0.29, 0.717) is 44.5 Å². The van der Waals surface area contributed by atoms with Gasteiger partial charge in [-0.2, -0.15) is 0 Å². The number of benzene rings is 2. The van der Waals surface area contributed by atoms with E-state index in [1.165, 1.54) is 0 Å². The van der Waals surface area contributed by atoms with E-state index in [-0.39, 0.29) is 18.1 Å². The number of carbonyl (C=O) groups is 1. The summed E-state index contributed by atoms with van der Waals surface area (Å²) in [6, 6.07) is 15.3. The molecule has 1 amide bonds. The molecule has 0 aromatic heterocycles. The zero-order valence-corrected chi connectivity index (χ0v) is 18.5. The highest BCUT2D eigenvalue weighted by molar-refractivity contribution is 5.92. The van der Waals surface area contributed by atoms with Gasteiger partial charge < -0.3 is 23.8 Å². The Morgan fingerprint density at radius 2 is 1.84 bits per heavy atom. The fourth-order valence-corrected chi connectivity index (χ4v) is 3.32. The molecule has 1 aliphatic rings. The van der Waals surface area contributed by atoms with Crippen LogP contribution in [0.4, 0.5) is 0 Å². The molecule has 0 bridgehead atoms. The Hall–Kier alpha value is -2.99. The number of nitrogens with zero attached hydrogens (tertiary/aromatic N) is 1. The van der Waals surface area contributed by atoms with Crippen molar-refractivity contribution in [2.75, 3.05) is 33.0 Å². The molecule has 2 atom stereocenters. The molecular formula is C25H31NO5. The number of amides is 1. The Labute approximate surface area is 184 Å². The van der Waals surface area contributed by atoms with Gasteiger partial charge in [0.05, 0.1) is 25.4 Å². The molecule has 3 rings (SSSR count). The standard InChI is InChI=1S/C25H31NO5/c1-4-28-24-16-21(11-13-25(27)26-17-20(3)31-18-19(26)2)10-12-23(24)30-15-14-29-22-8-6-5-7-9-22/h5-13,16,19-20H,4,14-15,17-18H2,1-3H3/b13-11+. The van der Waals surface area contributed by atoms with Crippen LogP contribution in [0.1, 0.15) is 26.3 Å². The van der Waals surface area contributed by atoms with Crippen molar-refractivity contribution >= 4 is 12.0 Å². The third-order valence-electron chi connectivity index (χ3n) is 4.93. The lowest BCUT2D eigenvalue weighted by atomic mass is 10.1. The first-order chi connectivity index (χ1) is 15.1. The van der Waals surface area contributed by atoms with Crippen molar-refractivity contribution in [3.05, 3.63) is 60.2 Å². The average Bonchev–Trinajstić information content (AvgIpc) is 2.78. The summed E-state index contributed by atoms with van der Waals surface area (Å²) >= 11 is 0. The number of hydrogen-bond donors (Lipinski definition) is 0. The first kappa shape index (κ1) is 22.7. The molecule has 0 N–H and O–H groups in total. The van der Waals surface area contributed by atoms with Gasteiger partial charge in [-0.3, -0.25) is 4.79 Å². The van der Waals surface area contributed by atoms with Crippen molar-refractivity contribution in [2.24, 2.45) is 0 Å². The lowest BCUT2D eigenvalue weighted by molar-refractivity contribution is -0.137. The van der Waals surface area contributed by atoms with Gasteiger partial charge in [0.15, 0.2) is 11.5 Å². The van der Waals surface area contributed by atoms with E-state index in [4.69, 9.17) is 18.9 Å². The van der Waals surface area contributed by atoms with Crippen LogP contribution in [0.25, 0.3) is 6.08 Å². The smallest absolute Gasteiger partial charge is 0.246 e. The van der Waals surface area contributed by atoms with Crippen LogP contribution in [-0.4, -0.2) is 55.9 Å². The largest absolute Gasteiger partial charge is 0.490 e. The maximum Gasteiger partial charge on any atom is 0.246 e. The van der Waals surface area contributed by atoms with E-state index in [1.807, 2.05) is 74.2 Å². The normalized spacial score (nSPS) is 18.7. The lowest BCUT2D eigenvalue weighted by Crippen LogP contribution is -2.49. The molecule has 6 nitrogen and oxygen atoms in total. The summed E-state index contributed by atoms with van der Waals surface area (Å²) in [7, 11) is 0. The highest BCUT2D eigenvalue weighted by atomic mass is 16.5. The molecule has 6 heteroatoms. The molecule has 0 saturated carbocycles. The molecule has 0 aliphatic carbocycles. The maximum absolute atomic E-state index is 12.6. The molecule has 1 fully saturated rings. The summed E-state index contributed by atoms with van der Waals surface area (Å²) in [5, 5.41) is 0. The van der Waals surface area contributed by atoms with Crippen molar-refractivity contribution in [1.82, 2.24) is 4.90 Å².